The van der Waals surface area contributed by atoms with E-state index in [9.17, 15) is 4.79 Å². The van der Waals surface area contributed by atoms with Gasteiger partial charge in [-0.15, -0.1) is 0 Å². The molecule has 0 fully saturated rings. The predicted molar refractivity (Wildman–Crippen MR) is 61.8 cm³/mol. The summed E-state index contributed by atoms with van der Waals surface area (Å²) in [5.41, 5.74) is 5.70. The van der Waals surface area contributed by atoms with E-state index in [1.807, 2.05) is 24.1 Å². The van der Waals surface area contributed by atoms with Gasteiger partial charge in [-0.3, -0.25) is 9.69 Å². The molecule has 0 saturated carbocycles. The van der Waals surface area contributed by atoms with Gasteiger partial charge in [0.25, 0.3) is 0 Å². The van der Waals surface area contributed by atoms with Crippen molar-refractivity contribution < 1.29 is 9.21 Å². The van der Waals surface area contributed by atoms with Crippen LogP contribution in [0, 0.1) is 0 Å². The average molecular weight is 225 g/mol. The van der Waals surface area contributed by atoms with E-state index in [1.54, 1.807) is 13.3 Å². The van der Waals surface area contributed by atoms with Crippen molar-refractivity contribution in [3.8, 4) is 0 Å². The fourth-order valence-corrected chi connectivity index (χ4v) is 1.55. The molecule has 1 aromatic rings. The van der Waals surface area contributed by atoms with Gasteiger partial charge in [-0.05, 0) is 19.2 Å². The Morgan fingerprint density at radius 2 is 2.44 bits per heavy atom. The summed E-state index contributed by atoms with van der Waals surface area (Å²) in [5, 5.41) is 2.59. The third-order valence-electron chi connectivity index (χ3n) is 2.60. The van der Waals surface area contributed by atoms with Crippen LogP contribution < -0.4 is 11.1 Å². The highest BCUT2D eigenvalue weighted by Gasteiger charge is 2.18. The van der Waals surface area contributed by atoms with Gasteiger partial charge in [0.15, 0.2) is 0 Å². The minimum absolute atomic E-state index is 0.0275. The summed E-state index contributed by atoms with van der Waals surface area (Å²) in [4.78, 5) is 13.1. The molecule has 90 valence electrons. The first-order valence-electron chi connectivity index (χ1n) is 5.33. The Kier molecular flexibility index (Phi) is 5.01. The lowest BCUT2D eigenvalue weighted by molar-refractivity contribution is -0.121. The van der Waals surface area contributed by atoms with Crippen molar-refractivity contribution >= 4 is 5.91 Å². The zero-order valence-electron chi connectivity index (χ0n) is 9.77. The van der Waals surface area contributed by atoms with Crippen molar-refractivity contribution in [1.82, 2.24) is 10.2 Å². The number of nitrogens with zero attached hydrogens (tertiary/aromatic N) is 1. The molecule has 0 aliphatic rings. The molecule has 1 rings (SSSR count). The van der Waals surface area contributed by atoms with Crippen LogP contribution in [0.2, 0.25) is 0 Å². The standard InChI is InChI=1S/C11H19N3O2/c1-13-11(15)5-6-14(2)9(8-12)10-4-3-7-16-10/h3-4,7,9H,5-6,8,12H2,1-2H3,(H,13,15). The zero-order chi connectivity index (χ0) is 12.0. The third-order valence-corrected chi connectivity index (χ3v) is 2.60. The SMILES string of the molecule is CNC(=O)CCN(C)C(CN)c1ccco1. The van der Waals surface area contributed by atoms with Gasteiger partial charge in [0.1, 0.15) is 5.76 Å². The normalized spacial score (nSPS) is 12.8. The largest absolute Gasteiger partial charge is 0.468 e. The monoisotopic (exact) mass is 225 g/mol. The van der Waals surface area contributed by atoms with Gasteiger partial charge in [-0.25, -0.2) is 0 Å². The van der Waals surface area contributed by atoms with Crippen molar-refractivity contribution in [3.63, 3.8) is 0 Å². The lowest BCUT2D eigenvalue weighted by atomic mass is 10.2. The lowest BCUT2D eigenvalue weighted by Crippen LogP contribution is -2.33. The van der Waals surface area contributed by atoms with E-state index in [-0.39, 0.29) is 11.9 Å². The Morgan fingerprint density at radius 1 is 1.69 bits per heavy atom. The summed E-state index contributed by atoms with van der Waals surface area (Å²) in [5.74, 6) is 0.865. The molecule has 5 nitrogen and oxygen atoms in total. The zero-order valence-corrected chi connectivity index (χ0v) is 9.77. The molecule has 1 aromatic heterocycles. The number of nitrogens with two attached hydrogens (primary N) is 1. The summed E-state index contributed by atoms with van der Waals surface area (Å²) < 4.78 is 5.32. The van der Waals surface area contributed by atoms with Crippen LogP contribution in [0.25, 0.3) is 0 Å². The molecule has 1 heterocycles. The highest BCUT2D eigenvalue weighted by atomic mass is 16.3. The van der Waals surface area contributed by atoms with Crippen LogP contribution in [-0.4, -0.2) is 38.0 Å². The van der Waals surface area contributed by atoms with E-state index in [4.69, 9.17) is 10.2 Å². The first-order chi connectivity index (χ1) is 7.69. The van der Waals surface area contributed by atoms with E-state index < -0.39 is 0 Å². The van der Waals surface area contributed by atoms with Crippen LogP contribution in [0.15, 0.2) is 22.8 Å². The summed E-state index contributed by atoms with van der Waals surface area (Å²) >= 11 is 0. The maximum absolute atomic E-state index is 11.1. The maximum atomic E-state index is 11.1. The number of furan rings is 1. The maximum Gasteiger partial charge on any atom is 0.221 e. The van der Waals surface area contributed by atoms with Gasteiger partial charge in [0, 0.05) is 26.6 Å². The van der Waals surface area contributed by atoms with Crippen LogP contribution in [0.3, 0.4) is 0 Å². The molecule has 0 aliphatic heterocycles. The summed E-state index contributed by atoms with van der Waals surface area (Å²) in [7, 11) is 3.57. The first kappa shape index (κ1) is 12.7. The molecule has 0 radical (unpaired) electrons. The van der Waals surface area contributed by atoms with Crippen LogP contribution in [0.4, 0.5) is 0 Å². The summed E-state index contributed by atoms with van der Waals surface area (Å²) in [6.45, 7) is 1.12. The Morgan fingerprint density at radius 3 is 2.94 bits per heavy atom. The highest BCUT2D eigenvalue weighted by molar-refractivity contribution is 5.75. The number of likely N-dealkylation sites (N-methyl/N-ethyl adjacent to an activating group) is 1. The fourth-order valence-electron chi connectivity index (χ4n) is 1.55. The van der Waals surface area contributed by atoms with Crippen LogP contribution in [0.5, 0.6) is 0 Å². The second-order valence-corrected chi connectivity index (χ2v) is 3.67. The van der Waals surface area contributed by atoms with E-state index in [0.717, 1.165) is 5.76 Å². The number of hydrogen-bond acceptors (Lipinski definition) is 4. The quantitative estimate of drug-likeness (QED) is 0.732. The number of carbonyl (C=O) groups excluding carboxylic acids is 1. The van der Waals surface area contributed by atoms with Crippen molar-refractivity contribution in [2.45, 2.75) is 12.5 Å². The van der Waals surface area contributed by atoms with E-state index >= 15 is 0 Å². The molecule has 0 saturated heterocycles. The second-order valence-electron chi connectivity index (χ2n) is 3.67. The molecule has 16 heavy (non-hydrogen) atoms. The predicted octanol–water partition coefficient (Wildman–Crippen LogP) is 0.347. The van der Waals surface area contributed by atoms with Crippen molar-refractivity contribution in [2.75, 3.05) is 27.2 Å². The molecule has 1 unspecified atom stereocenters. The van der Waals surface area contributed by atoms with Crippen LogP contribution in [-0.2, 0) is 4.79 Å². The smallest absolute Gasteiger partial charge is 0.221 e. The molecule has 1 atom stereocenters. The summed E-state index contributed by atoms with van der Waals surface area (Å²) in [6.07, 6.45) is 2.09. The van der Waals surface area contributed by atoms with E-state index in [1.165, 1.54) is 0 Å². The lowest BCUT2D eigenvalue weighted by Gasteiger charge is -2.24. The number of carbonyl (C=O) groups is 1. The van der Waals surface area contributed by atoms with Gasteiger partial charge >= 0.3 is 0 Å². The Labute approximate surface area is 95.6 Å². The van der Waals surface area contributed by atoms with Gasteiger partial charge < -0.3 is 15.5 Å². The molecule has 5 heteroatoms. The highest BCUT2D eigenvalue weighted by Crippen LogP contribution is 2.18. The van der Waals surface area contributed by atoms with Crippen LogP contribution in [0.1, 0.15) is 18.2 Å². The molecule has 3 N–H and O–H groups in total. The number of nitrogens with one attached hydrogen (secondary N) is 1. The van der Waals surface area contributed by atoms with Crippen molar-refractivity contribution in [2.24, 2.45) is 5.73 Å². The molecule has 0 aromatic carbocycles. The molecule has 0 spiro atoms. The minimum atomic E-state index is 0.0275. The minimum Gasteiger partial charge on any atom is -0.468 e. The van der Waals surface area contributed by atoms with Crippen LogP contribution >= 0.6 is 0 Å². The topological polar surface area (TPSA) is 71.5 Å². The number of amides is 1. The van der Waals surface area contributed by atoms with Gasteiger partial charge in [0.05, 0.1) is 12.3 Å². The average Bonchev–Trinajstić information content (AvgIpc) is 2.80. The van der Waals surface area contributed by atoms with Crippen molar-refractivity contribution in [1.29, 1.82) is 0 Å². The molecular weight excluding hydrogens is 206 g/mol. The Bertz CT molecular complexity index is 311. The van der Waals surface area contributed by atoms with Crippen molar-refractivity contribution in [3.05, 3.63) is 24.2 Å². The van der Waals surface area contributed by atoms with E-state index in [0.29, 0.717) is 19.5 Å². The fraction of sp³-hybridized carbons (Fsp3) is 0.545. The molecular formula is C11H19N3O2. The van der Waals surface area contributed by atoms with Gasteiger partial charge in [-0.2, -0.15) is 0 Å². The van der Waals surface area contributed by atoms with Gasteiger partial charge in [-0.1, -0.05) is 0 Å². The number of hydrogen-bond donors (Lipinski definition) is 2. The van der Waals surface area contributed by atoms with Gasteiger partial charge in [0.2, 0.25) is 5.91 Å². The Hall–Kier alpha value is -1.33. The molecule has 0 aliphatic carbocycles. The Balaban J connectivity index is 2.50. The first-order valence-corrected chi connectivity index (χ1v) is 5.33. The second kappa shape index (κ2) is 6.30. The molecule has 1 amide bonds. The summed E-state index contributed by atoms with van der Waals surface area (Å²) in [6, 6.07) is 3.76. The number of rotatable bonds is 6. The van der Waals surface area contributed by atoms with E-state index in [2.05, 4.69) is 5.32 Å². The molecule has 0 bridgehead atoms. The third kappa shape index (κ3) is 3.36.